The average molecular weight is 583 g/mol. The highest BCUT2D eigenvalue weighted by Gasteiger charge is 2.38. The molecule has 1 amide bonds. The van der Waals surface area contributed by atoms with Gasteiger partial charge in [-0.2, -0.15) is 0 Å². The molecule has 5 rings (SSSR count). The van der Waals surface area contributed by atoms with Crippen LogP contribution < -0.4 is 4.74 Å². The Morgan fingerprint density at radius 1 is 0.976 bits per heavy atom. The maximum absolute atomic E-state index is 13.3. The van der Waals surface area contributed by atoms with Crippen LogP contribution in [0.25, 0.3) is 0 Å². The summed E-state index contributed by atoms with van der Waals surface area (Å²) in [5.41, 5.74) is 2.54. The lowest BCUT2D eigenvalue weighted by Gasteiger charge is -2.45. The lowest BCUT2D eigenvalue weighted by Crippen LogP contribution is -2.49. The zero-order valence-electron chi connectivity index (χ0n) is 24.5. The van der Waals surface area contributed by atoms with Gasteiger partial charge < -0.3 is 9.64 Å². The normalized spacial score (nSPS) is 21.8. The van der Waals surface area contributed by atoms with E-state index in [9.17, 15) is 13.2 Å². The first kappa shape index (κ1) is 30.0. The first-order chi connectivity index (χ1) is 19.8. The summed E-state index contributed by atoms with van der Waals surface area (Å²) < 4.78 is 31.5. The highest BCUT2D eigenvalue weighted by molar-refractivity contribution is 7.88. The third kappa shape index (κ3) is 8.30. The van der Waals surface area contributed by atoms with Crippen LogP contribution in [-0.4, -0.2) is 85.5 Å². The molecule has 0 aliphatic carbocycles. The minimum absolute atomic E-state index is 0.172. The van der Waals surface area contributed by atoms with E-state index < -0.39 is 10.0 Å². The van der Waals surface area contributed by atoms with E-state index >= 15 is 0 Å². The molecule has 1 aromatic heterocycles. The Morgan fingerprint density at radius 2 is 1.73 bits per heavy atom. The molecule has 0 radical (unpaired) electrons. The number of nitrogens with zero attached hydrogens (tertiary/aromatic N) is 4. The predicted molar refractivity (Wildman–Crippen MR) is 161 cm³/mol. The Bertz CT molecular complexity index is 1240. The van der Waals surface area contributed by atoms with Gasteiger partial charge in [0, 0.05) is 58.4 Å². The molecule has 3 aliphatic rings. The summed E-state index contributed by atoms with van der Waals surface area (Å²) in [7, 11) is -3.15. The van der Waals surface area contributed by atoms with Crippen molar-refractivity contribution in [1.29, 1.82) is 0 Å². The van der Waals surface area contributed by atoms with Crippen molar-refractivity contribution >= 4 is 15.9 Å². The molecule has 4 heterocycles. The number of carbonyl (C=O) groups excluding carboxylic acids is 1. The standard InChI is InChI=1S/C32H46N4O4S/c1-41(38,39)36-18-12-27(13-19-36)24-31(37)35-20-15-32(16-21-35)14-6-4-9-28-8-2-3-11-30(28)40-23-22-34(26-32)25-29-10-5-7-17-33-29/h2-3,5,7-8,10-11,17,27H,4,6,9,12-16,18-26H2,1H3. The maximum Gasteiger partial charge on any atom is 0.222 e. The summed E-state index contributed by atoms with van der Waals surface area (Å²) in [6, 6.07) is 14.6. The van der Waals surface area contributed by atoms with Crippen LogP contribution in [0.3, 0.4) is 0 Å². The number of rotatable bonds is 5. The van der Waals surface area contributed by atoms with Crippen LogP contribution in [0.15, 0.2) is 48.7 Å². The van der Waals surface area contributed by atoms with Crippen LogP contribution >= 0.6 is 0 Å². The molecule has 0 atom stereocenters. The van der Waals surface area contributed by atoms with Crippen molar-refractivity contribution in [1.82, 2.24) is 19.1 Å². The van der Waals surface area contributed by atoms with Gasteiger partial charge in [0.2, 0.25) is 15.9 Å². The summed E-state index contributed by atoms with van der Waals surface area (Å²) >= 11 is 0. The number of hydrogen-bond acceptors (Lipinski definition) is 6. The first-order valence-corrected chi connectivity index (χ1v) is 17.2. The molecule has 2 aromatic rings. The smallest absolute Gasteiger partial charge is 0.222 e. The minimum atomic E-state index is -3.15. The Balaban J connectivity index is 1.22. The van der Waals surface area contributed by atoms with Gasteiger partial charge in [-0.3, -0.25) is 14.7 Å². The molecule has 0 saturated carbocycles. The van der Waals surface area contributed by atoms with E-state index in [-0.39, 0.29) is 17.2 Å². The van der Waals surface area contributed by atoms with Crippen molar-refractivity contribution in [3.8, 4) is 5.75 Å². The van der Waals surface area contributed by atoms with Gasteiger partial charge in [-0.1, -0.05) is 30.7 Å². The Labute approximate surface area is 246 Å². The highest BCUT2D eigenvalue weighted by Crippen LogP contribution is 2.39. The lowest BCUT2D eigenvalue weighted by atomic mass is 9.73. The highest BCUT2D eigenvalue weighted by atomic mass is 32.2. The number of amides is 1. The number of carbonyl (C=O) groups is 1. The fourth-order valence-electron chi connectivity index (χ4n) is 6.90. The van der Waals surface area contributed by atoms with E-state index in [2.05, 4.69) is 51.2 Å². The molecule has 2 fully saturated rings. The van der Waals surface area contributed by atoms with E-state index in [0.717, 1.165) is 82.7 Å². The van der Waals surface area contributed by atoms with Gasteiger partial charge in [-0.05, 0) is 80.0 Å². The van der Waals surface area contributed by atoms with Gasteiger partial charge in [-0.25, -0.2) is 12.7 Å². The topological polar surface area (TPSA) is 83.0 Å². The van der Waals surface area contributed by atoms with Crippen LogP contribution in [-0.2, 0) is 27.8 Å². The molecule has 2 saturated heterocycles. The molecule has 9 heteroatoms. The number of aromatic nitrogens is 1. The van der Waals surface area contributed by atoms with Gasteiger partial charge >= 0.3 is 0 Å². The number of hydrogen-bond donors (Lipinski definition) is 0. The van der Waals surface area contributed by atoms with Crippen LogP contribution in [0.5, 0.6) is 5.75 Å². The summed E-state index contributed by atoms with van der Waals surface area (Å²) in [5, 5.41) is 0. The number of likely N-dealkylation sites (tertiary alicyclic amines) is 1. The summed E-state index contributed by atoms with van der Waals surface area (Å²) in [5.74, 6) is 1.52. The number of ether oxygens (including phenoxy) is 1. The molecule has 224 valence electrons. The van der Waals surface area contributed by atoms with Crippen LogP contribution in [0.2, 0.25) is 0 Å². The third-order valence-electron chi connectivity index (χ3n) is 9.39. The minimum Gasteiger partial charge on any atom is -0.492 e. The lowest BCUT2D eigenvalue weighted by molar-refractivity contribution is -0.135. The van der Waals surface area contributed by atoms with Crippen LogP contribution in [0, 0.1) is 11.3 Å². The number of benzene rings is 1. The number of para-hydroxylation sites is 1. The average Bonchev–Trinajstić information content (AvgIpc) is 2.96. The molecule has 1 spiro atoms. The molecule has 0 unspecified atom stereocenters. The van der Waals surface area contributed by atoms with Crippen LogP contribution in [0.1, 0.15) is 62.6 Å². The quantitative estimate of drug-likeness (QED) is 0.521. The molecular formula is C32H46N4O4S. The van der Waals surface area contributed by atoms with E-state index in [1.165, 1.54) is 24.7 Å². The predicted octanol–water partition coefficient (Wildman–Crippen LogP) is 4.36. The molecular weight excluding hydrogens is 536 g/mol. The van der Waals surface area contributed by atoms with Crippen molar-refractivity contribution in [3.05, 3.63) is 59.9 Å². The second kappa shape index (κ2) is 13.7. The fourth-order valence-corrected chi connectivity index (χ4v) is 7.77. The van der Waals surface area contributed by atoms with E-state index in [1.807, 2.05) is 12.3 Å². The SMILES string of the molecule is CS(=O)(=O)N1CCC(CC(=O)N2CCC3(CCCCc4ccccc4OCCN(Cc4ccccn4)C3)CC2)CC1. The number of pyridine rings is 1. The Hall–Kier alpha value is -2.49. The third-order valence-corrected chi connectivity index (χ3v) is 10.7. The molecule has 8 nitrogen and oxygen atoms in total. The molecule has 41 heavy (non-hydrogen) atoms. The zero-order valence-corrected chi connectivity index (χ0v) is 25.4. The first-order valence-electron chi connectivity index (χ1n) is 15.4. The maximum atomic E-state index is 13.3. The summed E-state index contributed by atoms with van der Waals surface area (Å²) in [4.78, 5) is 22.5. The van der Waals surface area contributed by atoms with Crippen molar-refractivity contribution in [2.75, 3.05) is 52.1 Å². The molecule has 0 bridgehead atoms. The van der Waals surface area contributed by atoms with Crippen molar-refractivity contribution in [3.63, 3.8) is 0 Å². The van der Waals surface area contributed by atoms with Crippen molar-refractivity contribution in [2.24, 2.45) is 11.3 Å². The molecule has 0 N–H and O–H groups in total. The second-order valence-corrected chi connectivity index (χ2v) is 14.4. The van der Waals surface area contributed by atoms with Gasteiger partial charge in [0.05, 0.1) is 11.9 Å². The summed E-state index contributed by atoms with van der Waals surface area (Å²) in [6.07, 6.45) is 11.7. The Kier molecular flexibility index (Phi) is 9.99. The van der Waals surface area contributed by atoms with Crippen molar-refractivity contribution in [2.45, 2.75) is 64.3 Å². The number of aryl methyl sites for hydroxylation is 1. The van der Waals surface area contributed by atoms with Gasteiger partial charge in [-0.15, -0.1) is 0 Å². The molecule has 3 aliphatic heterocycles. The largest absolute Gasteiger partial charge is 0.492 e. The Morgan fingerprint density at radius 3 is 2.46 bits per heavy atom. The number of sulfonamides is 1. The fraction of sp³-hybridized carbons (Fsp3) is 0.625. The van der Waals surface area contributed by atoms with Gasteiger partial charge in [0.1, 0.15) is 12.4 Å². The van der Waals surface area contributed by atoms with E-state index in [4.69, 9.17) is 4.74 Å². The van der Waals surface area contributed by atoms with Gasteiger partial charge in [0.25, 0.3) is 0 Å². The number of fused-ring (bicyclic) bond motifs is 1. The molecule has 1 aromatic carbocycles. The number of piperidine rings is 2. The monoisotopic (exact) mass is 582 g/mol. The van der Waals surface area contributed by atoms with Crippen LogP contribution in [0.4, 0.5) is 0 Å². The van der Waals surface area contributed by atoms with E-state index in [1.54, 1.807) is 4.31 Å². The summed E-state index contributed by atoms with van der Waals surface area (Å²) in [6.45, 7) is 5.92. The second-order valence-electron chi connectivity index (χ2n) is 12.4. The van der Waals surface area contributed by atoms with Crippen molar-refractivity contribution < 1.29 is 17.9 Å². The van der Waals surface area contributed by atoms with Gasteiger partial charge in [0.15, 0.2) is 0 Å². The van der Waals surface area contributed by atoms with E-state index in [0.29, 0.717) is 26.1 Å². The zero-order chi connectivity index (χ0) is 28.7.